The maximum atomic E-state index is 13.1. The zero-order chi connectivity index (χ0) is 20.9. The van der Waals surface area contributed by atoms with Crippen LogP contribution in [-0.2, 0) is 11.8 Å². The lowest BCUT2D eigenvalue weighted by atomic mass is 10.0. The Morgan fingerprint density at radius 2 is 1.97 bits per heavy atom. The van der Waals surface area contributed by atoms with Crippen LogP contribution >= 0.6 is 0 Å². The van der Waals surface area contributed by atoms with Crippen molar-refractivity contribution in [2.45, 2.75) is 6.04 Å². The van der Waals surface area contributed by atoms with Crippen molar-refractivity contribution >= 4 is 11.7 Å². The number of benzene rings is 1. The zero-order valence-electron chi connectivity index (χ0n) is 17.1. The molecule has 0 spiro atoms. The third-order valence-corrected chi connectivity index (χ3v) is 5.19. The van der Waals surface area contributed by atoms with Crippen LogP contribution in [0, 0.1) is 0 Å². The Balaban J connectivity index is 1.58. The molecule has 4 rings (SSSR count). The second kappa shape index (κ2) is 8.96. The molecular weight excluding hydrogens is 382 g/mol. The standard InChI is InChI=1S/C22H25N5O3/c1-26-10-9-23-21(26)20(17-5-3-4-6-18(17)29-2)25-22(28)16-7-8-19(24-15-16)27-11-13-30-14-12-27/h3-10,15,20H,11-14H2,1-2H3,(H,25,28)/t20-/m1/s1. The van der Waals surface area contributed by atoms with Crippen molar-refractivity contribution in [1.82, 2.24) is 19.9 Å². The smallest absolute Gasteiger partial charge is 0.253 e. The molecule has 0 saturated carbocycles. The number of carbonyl (C=O) groups is 1. The van der Waals surface area contributed by atoms with Gasteiger partial charge in [-0.05, 0) is 18.2 Å². The molecule has 0 bridgehead atoms. The number of carbonyl (C=O) groups excluding carboxylic acids is 1. The number of hydrogen-bond acceptors (Lipinski definition) is 6. The van der Waals surface area contributed by atoms with Crippen LogP contribution in [-0.4, -0.2) is 53.9 Å². The number of imidazole rings is 1. The summed E-state index contributed by atoms with van der Waals surface area (Å²) in [6.45, 7) is 2.98. The number of ether oxygens (including phenoxy) is 2. The number of rotatable bonds is 6. The van der Waals surface area contributed by atoms with Crippen LogP contribution in [0.4, 0.5) is 5.82 Å². The van der Waals surface area contributed by atoms with Crippen molar-refractivity contribution in [3.63, 3.8) is 0 Å². The molecule has 0 unspecified atom stereocenters. The number of anilines is 1. The number of para-hydroxylation sites is 1. The fourth-order valence-corrected chi connectivity index (χ4v) is 3.56. The highest BCUT2D eigenvalue weighted by atomic mass is 16.5. The van der Waals surface area contributed by atoms with Crippen molar-refractivity contribution in [2.75, 3.05) is 38.3 Å². The number of amides is 1. The molecule has 1 saturated heterocycles. The van der Waals surface area contributed by atoms with E-state index in [0.29, 0.717) is 30.4 Å². The Bertz CT molecular complexity index is 996. The summed E-state index contributed by atoms with van der Waals surface area (Å²) in [6, 6.07) is 10.8. The molecule has 3 heterocycles. The number of aromatic nitrogens is 3. The summed E-state index contributed by atoms with van der Waals surface area (Å²) in [6.07, 6.45) is 5.17. The molecule has 0 aliphatic carbocycles. The molecule has 1 aliphatic heterocycles. The van der Waals surface area contributed by atoms with Crippen LogP contribution in [0.15, 0.2) is 55.0 Å². The summed E-state index contributed by atoms with van der Waals surface area (Å²) >= 11 is 0. The maximum Gasteiger partial charge on any atom is 0.253 e. The molecule has 1 amide bonds. The Morgan fingerprint density at radius 3 is 2.63 bits per heavy atom. The maximum absolute atomic E-state index is 13.1. The Labute approximate surface area is 175 Å². The third kappa shape index (κ3) is 4.13. The number of nitrogens with one attached hydrogen (secondary N) is 1. The molecule has 156 valence electrons. The molecule has 30 heavy (non-hydrogen) atoms. The molecule has 3 aromatic rings. The van der Waals surface area contributed by atoms with E-state index >= 15 is 0 Å². The van der Waals surface area contributed by atoms with E-state index in [1.54, 1.807) is 25.6 Å². The molecule has 8 nitrogen and oxygen atoms in total. The number of methoxy groups -OCH3 is 1. The largest absolute Gasteiger partial charge is 0.496 e. The van der Waals surface area contributed by atoms with Crippen molar-refractivity contribution in [3.05, 3.63) is 71.9 Å². The van der Waals surface area contributed by atoms with Crippen molar-refractivity contribution in [3.8, 4) is 5.75 Å². The Morgan fingerprint density at radius 1 is 1.17 bits per heavy atom. The average Bonchev–Trinajstić information content (AvgIpc) is 3.23. The minimum atomic E-state index is -0.465. The van der Waals surface area contributed by atoms with E-state index in [9.17, 15) is 4.79 Å². The summed E-state index contributed by atoms with van der Waals surface area (Å²) in [7, 11) is 3.51. The summed E-state index contributed by atoms with van der Waals surface area (Å²) in [5.74, 6) is 2.02. The fraction of sp³-hybridized carbons (Fsp3) is 0.318. The van der Waals surface area contributed by atoms with Gasteiger partial charge in [0.2, 0.25) is 0 Å². The number of hydrogen-bond donors (Lipinski definition) is 1. The molecule has 0 radical (unpaired) electrons. The minimum absolute atomic E-state index is 0.227. The summed E-state index contributed by atoms with van der Waals surface area (Å²) in [5.41, 5.74) is 1.32. The molecule has 2 aromatic heterocycles. The lowest BCUT2D eigenvalue weighted by molar-refractivity contribution is 0.0940. The van der Waals surface area contributed by atoms with Crippen LogP contribution in [0.1, 0.15) is 27.8 Å². The number of nitrogens with zero attached hydrogens (tertiary/aromatic N) is 4. The van der Waals surface area contributed by atoms with E-state index in [0.717, 1.165) is 24.5 Å². The highest BCUT2D eigenvalue weighted by molar-refractivity contribution is 5.94. The van der Waals surface area contributed by atoms with Gasteiger partial charge in [0, 0.05) is 44.3 Å². The van der Waals surface area contributed by atoms with Crippen molar-refractivity contribution in [1.29, 1.82) is 0 Å². The van der Waals surface area contributed by atoms with Crippen LogP contribution in [0.25, 0.3) is 0 Å². The van der Waals surface area contributed by atoms with Crippen LogP contribution in [0.3, 0.4) is 0 Å². The summed E-state index contributed by atoms with van der Waals surface area (Å²) < 4.78 is 12.8. The van der Waals surface area contributed by atoms with Gasteiger partial charge in [0.1, 0.15) is 23.4 Å². The third-order valence-electron chi connectivity index (χ3n) is 5.19. The van der Waals surface area contributed by atoms with Crippen LogP contribution in [0.5, 0.6) is 5.75 Å². The number of pyridine rings is 1. The van der Waals surface area contributed by atoms with E-state index in [1.165, 1.54) is 0 Å². The van der Waals surface area contributed by atoms with E-state index in [-0.39, 0.29) is 5.91 Å². The van der Waals surface area contributed by atoms with Crippen molar-refractivity contribution in [2.24, 2.45) is 7.05 Å². The Hall–Kier alpha value is -3.39. The summed E-state index contributed by atoms with van der Waals surface area (Å²) in [5, 5.41) is 3.09. The zero-order valence-corrected chi connectivity index (χ0v) is 17.1. The highest BCUT2D eigenvalue weighted by Gasteiger charge is 2.24. The first-order valence-corrected chi connectivity index (χ1v) is 9.87. The topological polar surface area (TPSA) is 81.5 Å². The molecule has 8 heteroatoms. The van der Waals surface area contributed by atoms with Gasteiger partial charge < -0.3 is 24.3 Å². The average molecular weight is 407 g/mol. The van der Waals surface area contributed by atoms with Gasteiger partial charge in [-0.2, -0.15) is 0 Å². The predicted octanol–water partition coefficient (Wildman–Crippen LogP) is 2.18. The number of aryl methyl sites for hydroxylation is 1. The second-order valence-corrected chi connectivity index (χ2v) is 7.05. The van der Waals surface area contributed by atoms with E-state index in [1.807, 2.05) is 48.1 Å². The lowest BCUT2D eigenvalue weighted by Crippen LogP contribution is -2.36. The van der Waals surface area contributed by atoms with E-state index in [2.05, 4.69) is 20.2 Å². The van der Waals surface area contributed by atoms with Gasteiger partial charge in [-0.1, -0.05) is 18.2 Å². The normalized spacial score (nSPS) is 14.9. The van der Waals surface area contributed by atoms with Gasteiger partial charge in [-0.25, -0.2) is 9.97 Å². The summed E-state index contributed by atoms with van der Waals surface area (Å²) in [4.78, 5) is 24.1. The molecule has 1 aromatic carbocycles. The minimum Gasteiger partial charge on any atom is -0.496 e. The van der Waals surface area contributed by atoms with E-state index in [4.69, 9.17) is 9.47 Å². The molecule has 1 aliphatic rings. The van der Waals surface area contributed by atoms with E-state index < -0.39 is 6.04 Å². The highest BCUT2D eigenvalue weighted by Crippen LogP contribution is 2.29. The van der Waals surface area contributed by atoms with Crippen LogP contribution < -0.4 is 15.0 Å². The number of morpholine rings is 1. The van der Waals surface area contributed by atoms with Gasteiger partial charge in [0.25, 0.3) is 5.91 Å². The van der Waals surface area contributed by atoms with Gasteiger partial charge >= 0.3 is 0 Å². The predicted molar refractivity (Wildman–Crippen MR) is 113 cm³/mol. The second-order valence-electron chi connectivity index (χ2n) is 7.05. The molecular formula is C22H25N5O3. The van der Waals surface area contributed by atoms with Gasteiger partial charge in [-0.15, -0.1) is 0 Å². The Kier molecular flexibility index (Phi) is 5.94. The SMILES string of the molecule is COc1ccccc1[C@@H](NC(=O)c1ccc(N2CCOCC2)nc1)c1nccn1C. The molecule has 1 fully saturated rings. The lowest BCUT2D eigenvalue weighted by Gasteiger charge is -2.27. The van der Waals surface area contributed by atoms with Gasteiger partial charge in [-0.3, -0.25) is 4.79 Å². The monoisotopic (exact) mass is 407 g/mol. The first kappa shape index (κ1) is 19.9. The van der Waals surface area contributed by atoms with Crippen LogP contribution in [0.2, 0.25) is 0 Å². The molecule has 1 N–H and O–H groups in total. The van der Waals surface area contributed by atoms with Gasteiger partial charge in [0.15, 0.2) is 0 Å². The quantitative estimate of drug-likeness (QED) is 0.675. The van der Waals surface area contributed by atoms with Gasteiger partial charge in [0.05, 0.1) is 25.9 Å². The first-order chi connectivity index (χ1) is 14.7. The molecule has 1 atom stereocenters. The first-order valence-electron chi connectivity index (χ1n) is 9.87. The van der Waals surface area contributed by atoms with Crippen molar-refractivity contribution < 1.29 is 14.3 Å². The fourth-order valence-electron chi connectivity index (χ4n) is 3.56.